The second kappa shape index (κ2) is 13.3. The van der Waals surface area contributed by atoms with Gasteiger partial charge in [0.2, 0.25) is 0 Å². The Kier molecular flexibility index (Phi) is 7.64. The molecule has 5 heteroatoms. The van der Waals surface area contributed by atoms with E-state index in [9.17, 15) is 0 Å². The van der Waals surface area contributed by atoms with Crippen LogP contribution in [0.4, 0.5) is 0 Å². The minimum Gasteiger partial charge on any atom is -0.455 e. The molecule has 56 heavy (non-hydrogen) atoms. The quantitative estimate of drug-likeness (QED) is 0.171. The molecule has 0 saturated heterocycles. The normalized spacial score (nSPS) is 11.6. The highest BCUT2D eigenvalue weighted by atomic mass is 32.1. The summed E-state index contributed by atoms with van der Waals surface area (Å²) in [6, 6.07) is 65.7. The van der Waals surface area contributed by atoms with Gasteiger partial charge in [0.25, 0.3) is 0 Å². The van der Waals surface area contributed by atoms with Gasteiger partial charge in [0, 0.05) is 42.1 Å². The molecule has 0 saturated carbocycles. The number of hydrogen-bond donors (Lipinski definition) is 0. The molecule has 4 nitrogen and oxygen atoms in total. The molecule has 0 radical (unpaired) electrons. The monoisotopic (exact) mass is 733 g/mol. The van der Waals surface area contributed by atoms with Crippen molar-refractivity contribution in [1.82, 2.24) is 15.0 Å². The van der Waals surface area contributed by atoms with Gasteiger partial charge in [-0.05, 0) is 63.7 Å². The second-order valence-electron chi connectivity index (χ2n) is 14.0. The lowest BCUT2D eigenvalue weighted by molar-refractivity contribution is 0.669. The van der Waals surface area contributed by atoms with E-state index < -0.39 is 0 Å². The lowest BCUT2D eigenvalue weighted by Crippen LogP contribution is -2.00. The Morgan fingerprint density at radius 3 is 1.59 bits per heavy atom. The Balaban J connectivity index is 1.03. The Morgan fingerprint density at radius 2 is 0.839 bits per heavy atom. The number of para-hydroxylation sites is 1. The standard InChI is InChI=1S/C51H31N3OS/c1-3-11-32(12-4-1)33-21-25-37(26-22-33)50-52-49(36-13-5-2-6-14-36)53-51(54-50)42-29-28-39(47-41-16-7-9-17-44(41)55-48(42)47)35-23-19-34(20-24-35)38-27-30-46-43(31-38)40-15-8-10-18-45(40)56-46/h1-31H. The highest BCUT2D eigenvalue weighted by Gasteiger charge is 2.21. The Hall–Kier alpha value is -7.21. The van der Waals surface area contributed by atoms with Gasteiger partial charge >= 0.3 is 0 Å². The number of benzene rings is 8. The molecule has 8 aromatic carbocycles. The Bertz CT molecular complexity index is 3220. The zero-order chi connectivity index (χ0) is 37.0. The van der Waals surface area contributed by atoms with Gasteiger partial charge in [-0.15, -0.1) is 11.3 Å². The van der Waals surface area contributed by atoms with E-state index in [1.54, 1.807) is 0 Å². The number of furan rings is 1. The van der Waals surface area contributed by atoms with Crippen LogP contribution >= 0.6 is 11.3 Å². The molecular formula is C51H31N3OS. The van der Waals surface area contributed by atoms with Crippen molar-refractivity contribution in [2.45, 2.75) is 0 Å². The van der Waals surface area contributed by atoms with Gasteiger partial charge in [0.1, 0.15) is 11.2 Å². The van der Waals surface area contributed by atoms with Crippen LogP contribution in [-0.2, 0) is 0 Å². The number of rotatable bonds is 6. The van der Waals surface area contributed by atoms with E-state index in [2.05, 4.69) is 140 Å². The summed E-state index contributed by atoms with van der Waals surface area (Å²) in [4.78, 5) is 15.2. The minimum absolute atomic E-state index is 0.559. The molecule has 11 aromatic rings. The summed E-state index contributed by atoms with van der Waals surface area (Å²) in [7, 11) is 0. The maximum Gasteiger partial charge on any atom is 0.167 e. The van der Waals surface area contributed by atoms with Gasteiger partial charge in [-0.1, -0.05) is 158 Å². The molecule has 3 heterocycles. The smallest absolute Gasteiger partial charge is 0.167 e. The molecule has 0 N–H and O–H groups in total. The van der Waals surface area contributed by atoms with Crippen molar-refractivity contribution in [2.24, 2.45) is 0 Å². The summed E-state index contributed by atoms with van der Waals surface area (Å²) in [5, 5.41) is 4.69. The van der Waals surface area contributed by atoms with E-state index >= 15 is 0 Å². The molecule has 0 fully saturated rings. The Morgan fingerprint density at radius 1 is 0.339 bits per heavy atom. The van der Waals surface area contributed by atoms with Crippen LogP contribution in [0.15, 0.2) is 192 Å². The fourth-order valence-electron chi connectivity index (χ4n) is 7.78. The SMILES string of the molecule is c1ccc(-c2ccc(-c3nc(-c4ccccc4)nc(-c4ccc(-c5ccc(-c6ccc7sc8ccccc8c7c6)cc5)c5c4oc4ccccc45)n3)cc2)cc1. The van der Waals surface area contributed by atoms with Crippen molar-refractivity contribution in [3.63, 3.8) is 0 Å². The van der Waals surface area contributed by atoms with E-state index in [4.69, 9.17) is 19.4 Å². The molecule has 0 spiro atoms. The first-order valence-corrected chi connectivity index (χ1v) is 19.5. The third-order valence-corrected chi connectivity index (χ3v) is 11.7. The number of aromatic nitrogens is 3. The van der Waals surface area contributed by atoms with E-state index in [0.29, 0.717) is 17.5 Å². The summed E-state index contributed by atoms with van der Waals surface area (Å²) < 4.78 is 9.34. The average Bonchev–Trinajstić information content (AvgIpc) is 3.85. The van der Waals surface area contributed by atoms with Crippen LogP contribution in [0.5, 0.6) is 0 Å². The van der Waals surface area contributed by atoms with Gasteiger partial charge in [0.15, 0.2) is 17.5 Å². The van der Waals surface area contributed by atoms with Crippen molar-refractivity contribution in [3.05, 3.63) is 188 Å². The maximum atomic E-state index is 6.72. The molecule has 0 atom stereocenters. The van der Waals surface area contributed by atoms with E-state index in [-0.39, 0.29) is 0 Å². The minimum atomic E-state index is 0.559. The van der Waals surface area contributed by atoms with Crippen LogP contribution in [-0.4, -0.2) is 15.0 Å². The number of thiophene rings is 1. The van der Waals surface area contributed by atoms with Gasteiger partial charge in [0.05, 0.1) is 5.56 Å². The van der Waals surface area contributed by atoms with Crippen LogP contribution in [0, 0.1) is 0 Å². The molecule has 0 unspecified atom stereocenters. The first kappa shape index (κ1) is 32.2. The fraction of sp³-hybridized carbons (Fsp3) is 0. The summed E-state index contributed by atoms with van der Waals surface area (Å²) in [6.07, 6.45) is 0. The third-order valence-electron chi connectivity index (χ3n) is 10.6. The lowest BCUT2D eigenvalue weighted by atomic mass is 9.95. The largest absolute Gasteiger partial charge is 0.455 e. The van der Waals surface area contributed by atoms with E-state index in [1.807, 2.05) is 59.9 Å². The van der Waals surface area contributed by atoms with Gasteiger partial charge in [-0.25, -0.2) is 15.0 Å². The van der Waals surface area contributed by atoms with Crippen molar-refractivity contribution in [1.29, 1.82) is 0 Å². The highest BCUT2D eigenvalue weighted by Crippen LogP contribution is 2.42. The highest BCUT2D eigenvalue weighted by molar-refractivity contribution is 7.25. The van der Waals surface area contributed by atoms with Crippen LogP contribution in [0.3, 0.4) is 0 Å². The van der Waals surface area contributed by atoms with Crippen LogP contribution in [0.2, 0.25) is 0 Å². The van der Waals surface area contributed by atoms with Gasteiger partial charge in [-0.3, -0.25) is 0 Å². The van der Waals surface area contributed by atoms with Crippen molar-refractivity contribution >= 4 is 53.4 Å². The van der Waals surface area contributed by atoms with Crippen molar-refractivity contribution in [2.75, 3.05) is 0 Å². The molecule has 3 aromatic heterocycles. The molecule has 0 bridgehead atoms. The molecule has 0 aliphatic rings. The summed E-state index contributed by atoms with van der Waals surface area (Å²) in [5.74, 6) is 1.77. The third kappa shape index (κ3) is 5.56. The number of nitrogens with zero attached hydrogens (tertiary/aromatic N) is 3. The van der Waals surface area contributed by atoms with E-state index in [1.165, 1.54) is 31.3 Å². The first-order chi connectivity index (χ1) is 27.7. The van der Waals surface area contributed by atoms with Crippen molar-refractivity contribution < 1.29 is 4.42 Å². The summed E-state index contributed by atoms with van der Waals surface area (Å²) >= 11 is 1.84. The first-order valence-electron chi connectivity index (χ1n) is 18.7. The summed E-state index contributed by atoms with van der Waals surface area (Å²) in [6.45, 7) is 0. The molecule has 0 amide bonds. The molecule has 0 aliphatic heterocycles. The number of hydrogen-bond acceptors (Lipinski definition) is 5. The van der Waals surface area contributed by atoms with Crippen LogP contribution in [0.25, 0.3) is 110 Å². The molecule has 11 rings (SSSR count). The predicted octanol–water partition coefficient (Wildman–Crippen LogP) is 14.1. The topological polar surface area (TPSA) is 51.8 Å². The predicted molar refractivity (Wildman–Crippen MR) is 233 cm³/mol. The van der Waals surface area contributed by atoms with Crippen molar-refractivity contribution in [3.8, 4) is 67.5 Å². The maximum absolute atomic E-state index is 6.72. The van der Waals surface area contributed by atoms with Crippen LogP contribution < -0.4 is 0 Å². The summed E-state index contributed by atoms with van der Waals surface area (Å²) in [5.41, 5.74) is 11.1. The lowest BCUT2D eigenvalue weighted by Gasteiger charge is -2.11. The zero-order valence-corrected chi connectivity index (χ0v) is 30.9. The molecule has 262 valence electrons. The van der Waals surface area contributed by atoms with Crippen LogP contribution in [0.1, 0.15) is 0 Å². The van der Waals surface area contributed by atoms with E-state index in [0.717, 1.165) is 60.9 Å². The second-order valence-corrected chi connectivity index (χ2v) is 15.0. The fourth-order valence-corrected chi connectivity index (χ4v) is 8.86. The zero-order valence-electron chi connectivity index (χ0n) is 30.1. The molecular weight excluding hydrogens is 703 g/mol. The van der Waals surface area contributed by atoms with Gasteiger partial charge in [-0.2, -0.15) is 0 Å². The molecule has 0 aliphatic carbocycles. The average molecular weight is 734 g/mol. The Labute approximate surface area is 327 Å². The number of fused-ring (bicyclic) bond motifs is 6. The van der Waals surface area contributed by atoms with Gasteiger partial charge < -0.3 is 4.42 Å².